The highest BCUT2D eigenvalue weighted by atomic mass is 16.5. The van der Waals surface area contributed by atoms with Gasteiger partial charge in [-0.25, -0.2) is 0 Å². The molecular weight excluding hydrogens is 186 g/mol. The van der Waals surface area contributed by atoms with E-state index < -0.39 is 0 Å². The predicted molar refractivity (Wildman–Crippen MR) is 64.1 cm³/mol. The first-order valence-corrected chi connectivity index (χ1v) is 5.40. The largest absolute Gasteiger partial charge is 0.493 e. The number of ether oxygens (including phenoxy) is 1. The average molecular weight is 205 g/mol. The molecule has 0 saturated carbocycles. The molecule has 0 aliphatic heterocycles. The summed E-state index contributed by atoms with van der Waals surface area (Å²) >= 11 is 0. The highest BCUT2D eigenvalue weighted by Gasteiger charge is 1.94. The highest BCUT2D eigenvalue weighted by molar-refractivity contribution is 5.27. The van der Waals surface area contributed by atoms with Crippen LogP contribution < -0.4 is 10.1 Å². The lowest BCUT2D eigenvalue weighted by molar-refractivity contribution is 0.325. The summed E-state index contributed by atoms with van der Waals surface area (Å²) in [6.07, 6.45) is 2.75. The van der Waals surface area contributed by atoms with Crippen molar-refractivity contribution in [2.24, 2.45) is 0 Å². The number of hydrogen-bond donors (Lipinski definition) is 1. The van der Waals surface area contributed by atoms with Crippen LogP contribution in [0.15, 0.2) is 36.9 Å². The fourth-order valence-electron chi connectivity index (χ4n) is 1.23. The fraction of sp³-hybridized carbons (Fsp3) is 0.385. The lowest BCUT2D eigenvalue weighted by atomic mass is 10.2. The van der Waals surface area contributed by atoms with Crippen molar-refractivity contribution >= 4 is 0 Å². The lowest BCUT2D eigenvalue weighted by Gasteiger charge is -2.06. The molecule has 0 radical (unpaired) electrons. The molecule has 0 spiro atoms. The maximum atomic E-state index is 5.51. The maximum Gasteiger partial charge on any atom is 0.119 e. The van der Waals surface area contributed by atoms with Crippen molar-refractivity contribution in [1.82, 2.24) is 5.32 Å². The first-order valence-electron chi connectivity index (χ1n) is 5.40. The third kappa shape index (κ3) is 4.66. The van der Waals surface area contributed by atoms with Gasteiger partial charge in [-0.2, -0.15) is 0 Å². The zero-order valence-electron chi connectivity index (χ0n) is 9.33. The molecule has 0 unspecified atom stereocenters. The Bertz CT molecular complexity index is 279. The first kappa shape index (κ1) is 11.8. The Balaban J connectivity index is 2.38. The van der Waals surface area contributed by atoms with Crippen LogP contribution in [0.4, 0.5) is 0 Å². The second-order valence-electron chi connectivity index (χ2n) is 3.35. The highest BCUT2D eigenvalue weighted by Crippen LogP contribution is 2.12. The molecular formula is C13H19NO. The first-order chi connectivity index (χ1) is 7.36. The minimum absolute atomic E-state index is 0.704. The Labute approximate surface area is 92.0 Å². The Morgan fingerprint density at radius 1 is 1.33 bits per heavy atom. The molecule has 0 heterocycles. The fourth-order valence-corrected chi connectivity index (χ4v) is 1.23. The third-order valence-electron chi connectivity index (χ3n) is 2.09. The van der Waals surface area contributed by atoms with E-state index in [1.807, 2.05) is 18.2 Å². The van der Waals surface area contributed by atoms with E-state index in [0.29, 0.717) is 6.61 Å². The SMILES string of the molecule is C=CCCOc1ccc(CNCC)cc1. The normalized spacial score (nSPS) is 9.93. The van der Waals surface area contributed by atoms with Crippen LogP contribution in [-0.4, -0.2) is 13.2 Å². The van der Waals surface area contributed by atoms with Gasteiger partial charge in [0.05, 0.1) is 6.61 Å². The molecule has 15 heavy (non-hydrogen) atoms. The van der Waals surface area contributed by atoms with E-state index in [4.69, 9.17) is 4.74 Å². The van der Waals surface area contributed by atoms with Gasteiger partial charge in [-0.05, 0) is 30.7 Å². The van der Waals surface area contributed by atoms with Crippen molar-refractivity contribution in [3.63, 3.8) is 0 Å². The van der Waals surface area contributed by atoms with Gasteiger partial charge in [0.2, 0.25) is 0 Å². The molecule has 0 bridgehead atoms. The maximum absolute atomic E-state index is 5.51. The zero-order chi connectivity index (χ0) is 10.9. The molecule has 2 nitrogen and oxygen atoms in total. The van der Waals surface area contributed by atoms with Crippen LogP contribution in [0.25, 0.3) is 0 Å². The van der Waals surface area contributed by atoms with E-state index in [1.165, 1.54) is 5.56 Å². The average Bonchev–Trinajstić information content (AvgIpc) is 2.28. The number of benzene rings is 1. The Hall–Kier alpha value is -1.28. The number of rotatable bonds is 7. The zero-order valence-corrected chi connectivity index (χ0v) is 9.33. The summed E-state index contributed by atoms with van der Waals surface area (Å²) in [5.74, 6) is 0.928. The minimum atomic E-state index is 0.704. The monoisotopic (exact) mass is 205 g/mol. The van der Waals surface area contributed by atoms with Gasteiger partial charge in [-0.3, -0.25) is 0 Å². The molecule has 0 fully saturated rings. The van der Waals surface area contributed by atoms with E-state index in [-0.39, 0.29) is 0 Å². The van der Waals surface area contributed by atoms with Crippen LogP contribution in [0.2, 0.25) is 0 Å². The summed E-state index contributed by atoms with van der Waals surface area (Å²) in [5.41, 5.74) is 1.29. The van der Waals surface area contributed by atoms with Crippen LogP contribution in [0, 0.1) is 0 Å². The van der Waals surface area contributed by atoms with Gasteiger partial charge >= 0.3 is 0 Å². The van der Waals surface area contributed by atoms with Crippen molar-refractivity contribution < 1.29 is 4.74 Å². The van der Waals surface area contributed by atoms with Crippen LogP contribution in [-0.2, 0) is 6.54 Å². The van der Waals surface area contributed by atoms with Crippen molar-refractivity contribution in [3.8, 4) is 5.75 Å². The van der Waals surface area contributed by atoms with E-state index in [0.717, 1.165) is 25.3 Å². The molecule has 1 aromatic rings. The van der Waals surface area contributed by atoms with Gasteiger partial charge in [0.25, 0.3) is 0 Å². The van der Waals surface area contributed by atoms with Crippen LogP contribution in [0.1, 0.15) is 18.9 Å². The van der Waals surface area contributed by atoms with Crippen molar-refractivity contribution in [2.45, 2.75) is 19.9 Å². The van der Waals surface area contributed by atoms with Crippen LogP contribution in [0.5, 0.6) is 5.75 Å². The summed E-state index contributed by atoms with van der Waals surface area (Å²) in [6.45, 7) is 8.38. The van der Waals surface area contributed by atoms with E-state index >= 15 is 0 Å². The summed E-state index contributed by atoms with van der Waals surface area (Å²) in [4.78, 5) is 0. The topological polar surface area (TPSA) is 21.3 Å². The van der Waals surface area contributed by atoms with Gasteiger partial charge in [0.15, 0.2) is 0 Å². The minimum Gasteiger partial charge on any atom is -0.493 e. The summed E-state index contributed by atoms with van der Waals surface area (Å²) in [5, 5.41) is 3.28. The molecule has 0 saturated heterocycles. The Morgan fingerprint density at radius 2 is 2.07 bits per heavy atom. The second-order valence-corrected chi connectivity index (χ2v) is 3.35. The van der Waals surface area contributed by atoms with Crippen LogP contribution in [0.3, 0.4) is 0 Å². The third-order valence-corrected chi connectivity index (χ3v) is 2.09. The van der Waals surface area contributed by atoms with Gasteiger partial charge in [0.1, 0.15) is 5.75 Å². The quantitative estimate of drug-likeness (QED) is 0.546. The molecule has 0 aromatic heterocycles. The van der Waals surface area contributed by atoms with Gasteiger partial charge in [-0.1, -0.05) is 25.1 Å². The molecule has 0 amide bonds. The van der Waals surface area contributed by atoms with Crippen LogP contribution >= 0.6 is 0 Å². The van der Waals surface area contributed by atoms with Crippen molar-refractivity contribution in [1.29, 1.82) is 0 Å². The molecule has 2 heteroatoms. The smallest absolute Gasteiger partial charge is 0.119 e. The molecule has 1 rings (SSSR count). The van der Waals surface area contributed by atoms with Gasteiger partial charge < -0.3 is 10.1 Å². The standard InChI is InChI=1S/C13H19NO/c1-3-5-10-15-13-8-6-12(7-9-13)11-14-4-2/h3,6-9,14H,1,4-5,10-11H2,2H3. The Kier molecular flexibility index (Phi) is 5.56. The molecule has 82 valence electrons. The van der Waals surface area contributed by atoms with Crippen molar-refractivity contribution in [2.75, 3.05) is 13.2 Å². The van der Waals surface area contributed by atoms with E-state index in [1.54, 1.807) is 0 Å². The van der Waals surface area contributed by atoms with E-state index in [9.17, 15) is 0 Å². The van der Waals surface area contributed by atoms with Gasteiger partial charge in [-0.15, -0.1) is 6.58 Å². The second kappa shape index (κ2) is 7.07. The molecule has 0 aliphatic rings. The van der Waals surface area contributed by atoms with Crippen molar-refractivity contribution in [3.05, 3.63) is 42.5 Å². The number of hydrogen-bond acceptors (Lipinski definition) is 2. The number of nitrogens with one attached hydrogen (secondary N) is 1. The van der Waals surface area contributed by atoms with E-state index in [2.05, 4.69) is 31.0 Å². The molecule has 0 atom stereocenters. The Morgan fingerprint density at radius 3 is 2.67 bits per heavy atom. The predicted octanol–water partition coefficient (Wildman–Crippen LogP) is 2.75. The van der Waals surface area contributed by atoms with Gasteiger partial charge in [0, 0.05) is 6.54 Å². The lowest BCUT2D eigenvalue weighted by Crippen LogP contribution is -2.11. The molecule has 1 N–H and O–H groups in total. The molecule has 0 aliphatic carbocycles. The summed E-state index contributed by atoms with van der Waals surface area (Å²) in [7, 11) is 0. The molecule has 1 aromatic carbocycles. The summed E-state index contributed by atoms with van der Waals surface area (Å²) < 4.78 is 5.51. The summed E-state index contributed by atoms with van der Waals surface area (Å²) in [6, 6.07) is 8.20.